The molecular weight excluding hydrogens is 374 g/mol. The lowest BCUT2D eigenvalue weighted by molar-refractivity contribution is -0.119. The number of nitrogens with zero attached hydrogens (tertiary/aromatic N) is 4. The van der Waals surface area contributed by atoms with Crippen molar-refractivity contribution in [3.63, 3.8) is 0 Å². The highest BCUT2D eigenvalue weighted by molar-refractivity contribution is 7.99. The molecule has 2 aromatic heterocycles. The number of carbonyl (C=O) groups excluding carboxylic acids is 1. The summed E-state index contributed by atoms with van der Waals surface area (Å²) in [5, 5.41) is 12.8. The van der Waals surface area contributed by atoms with E-state index in [9.17, 15) is 4.79 Å². The van der Waals surface area contributed by atoms with Crippen LogP contribution in [0, 0.1) is 5.92 Å². The van der Waals surface area contributed by atoms with Gasteiger partial charge in [0.15, 0.2) is 5.16 Å². The van der Waals surface area contributed by atoms with Crippen molar-refractivity contribution in [3.05, 3.63) is 24.2 Å². The highest BCUT2D eigenvalue weighted by Gasteiger charge is 2.25. The van der Waals surface area contributed by atoms with Crippen LogP contribution in [-0.4, -0.2) is 45.6 Å². The maximum absolute atomic E-state index is 12.5. The summed E-state index contributed by atoms with van der Waals surface area (Å²) in [7, 11) is 0. The summed E-state index contributed by atoms with van der Waals surface area (Å²) in [6.45, 7) is 4.82. The predicted octanol–water partition coefficient (Wildman–Crippen LogP) is 3.31. The molecule has 0 bridgehead atoms. The first-order valence-electron chi connectivity index (χ1n) is 10.3. The van der Waals surface area contributed by atoms with Gasteiger partial charge in [0.05, 0.1) is 18.6 Å². The first kappa shape index (κ1) is 19.4. The Kier molecular flexibility index (Phi) is 6.24. The fourth-order valence-electron chi connectivity index (χ4n) is 4.14. The molecule has 8 heteroatoms. The Morgan fingerprint density at radius 2 is 2.07 bits per heavy atom. The molecule has 1 N–H and O–H groups in total. The van der Waals surface area contributed by atoms with Gasteiger partial charge in [-0.15, -0.1) is 10.2 Å². The second-order valence-corrected chi connectivity index (χ2v) is 8.81. The maximum atomic E-state index is 12.5. The van der Waals surface area contributed by atoms with Crippen LogP contribution in [0.15, 0.2) is 28.0 Å². The van der Waals surface area contributed by atoms with Gasteiger partial charge in [-0.2, -0.15) is 0 Å². The SMILES string of the molecule is CC1CCCCC1NC(=O)CSc1nnc(N2CCCC2)n1Cc1ccco1. The molecule has 152 valence electrons. The second-order valence-electron chi connectivity index (χ2n) is 7.87. The summed E-state index contributed by atoms with van der Waals surface area (Å²) in [5.74, 6) is 2.74. The van der Waals surface area contributed by atoms with Crippen LogP contribution >= 0.6 is 11.8 Å². The number of nitrogens with one attached hydrogen (secondary N) is 1. The first-order chi connectivity index (χ1) is 13.7. The average Bonchev–Trinajstić information content (AvgIpc) is 3.44. The number of rotatable bonds is 7. The third-order valence-corrected chi connectivity index (χ3v) is 6.74. The molecule has 0 spiro atoms. The van der Waals surface area contributed by atoms with Crippen LogP contribution in [0.5, 0.6) is 0 Å². The minimum Gasteiger partial charge on any atom is -0.467 e. The number of thioether (sulfide) groups is 1. The average molecular weight is 404 g/mol. The van der Waals surface area contributed by atoms with Gasteiger partial charge in [0.25, 0.3) is 0 Å². The van der Waals surface area contributed by atoms with Gasteiger partial charge in [-0.3, -0.25) is 9.36 Å². The molecule has 2 aromatic rings. The summed E-state index contributed by atoms with van der Waals surface area (Å²) in [5.41, 5.74) is 0. The summed E-state index contributed by atoms with van der Waals surface area (Å²) < 4.78 is 7.61. The van der Waals surface area contributed by atoms with Gasteiger partial charge in [-0.05, 0) is 43.7 Å². The topological polar surface area (TPSA) is 76.2 Å². The van der Waals surface area contributed by atoms with E-state index in [1.54, 1.807) is 6.26 Å². The highest BCUT2D eigenvalue weighted by Crippen LogP contribution is 2.27. The fraction of sp³-hybridized carbons (Fsp3) is 0.650. The van der Waals surface area contributed by atoms with E-state index in [1.807, 2.05) is 12.1 Å². The molecule has 1 aliphatic heterocycles. The van der Waals surface area contributed by atoms with E-state index in [0.717, 1.165) is 36.4 Å². The maximum Gasteiger partial charge on any atom is 0.230 e. The summed E-state index contributed by atoms with van der Waals surface area (Å²) in [6, 6.07) is 4.16. The zero-order chi connectivity index (χ0) is 19.3. The van der Waals surface area contributed by atoms with Crippen molar-refractivity contribution in [1.29, 1.82) is 0 Å². The Hall–Kier alpha value is -1.96. The zero-order valence-electron chi connectivity index (χ0n) is 16.5. The van der Waals surface area contributed by atoms with Crippen LogP contribution in [-0.2, 0) is 11.3 Å². The number of furan rings is 1. The molecule has 7 nitrogen and oxygen atoms in total. The third-order valence-electron chi connectivity index (χ3n) is 5.77. The molecule has 28 heavy (non-hydrogen) atoms. The number of carbonyl (C=O) groups is 1. The molecule has 2 fully saturated rings. The molecule has 1 amide bonds. The first-order valence-corrected chi connectivity index (χ1v) is 11.3. The lowest BCUT2D eigenvalue weighted by Gasteiger charge is -2.29. The van der Waals surface area contributed by atoms with Gasteiger partial charge in [-0.1, -0.05) is 31.5 Å². The normalized spacial score (nSPS) is 22.5. The fourth-order valence-corrected chi connectivity index (χ4v) is 4.89. The van der Waals surface area contributed by atoms with Gasteiger partial charge < -0.3 is 14.6 Å². The van der Waals surface area contributed by atoms with E-state index in [0.29, 0.717) is 24.3 Å². The minimum atomic E-state index is 0.0824. The van der Waals surface area contributed by atoms with Gasteiger partial charge >= 0.3 is 0 Å². The molecule has 0 radical (unpaired) electrons. The lowest BCUT2D eigenvalue weighted by atomic mass is 9.86. The van der Waals surface area contributed by atoms with E-state index in [4.69, 9.17) is 4.42 Å². The number of aromatic nitrogens is 3. The number of anilines is 1. The van der Waals surface area contributed by atoms with Crippen molar-refractivity contribution in [2.75, 3.05) is 23.7 Å². The summed E-state index contributed by atoms with van der Waals surface area (Å²) in [4.78, 5) is 14.8. The van der Waals surface area contributed by atoms with Crippen LogP contribution < -0.4 is 10.2 Å². The molecular formula is C20H29N5O2S. The molecule has 1 saturated carbocycles. The number of hydrogen-bond donors (Lipinski definition) is 1. The smallest absolute Gasteiger partial charge is 0.230 e. The molecule has 1 aliphatic carbocycles. The van der Waals surface area contributed by atoms with Gasteiger partial charge in [-0.25, -0.2) is 0 Å². The highest BCUT2D eigenvalue weighted by atomic mass is 32.2. The molecule has 2 aliphatic rings. The van der Waals surface area contributed by atoms with E-state index in [1.165, 1.54) is 43.9 Å². The van der Waals surface area contributed by atoms with E-state index >= 15 is 0 Å². The Morgan fingerprint density at radius 3 is 2.82 bits per heavy atom. The predicted molar refractivity (Wildman–Crippen MR) is 110 cm³/mol. The standard InChI is InChI=1S/C20H29N5O2S/c1-15-7-2-3-9-17(15)21-18(26)14-28-20-23-22-19(24-10-4-5-11-24)25(20)13-16-8-6-12-27-16/h6,8,12,15,17H,2-5,7,9-11,13-14H2,1H3,(H,21,26). The van der Waals surface area contributed by atoms with Crippen LogP contribution in [0.1, 0.15) is 51.2 Å². The third kappa shape index (κ3) is 4.54. The second kappa shape index (κ2) is 9.03. The summed E-state index contributed by atoms with van der Waals surface area (Å²) in [6.07, 6.45) is 8.81. The molecule has 2 unspecified atom stereocenters. The molecule has 4 rings (SSSR count). The van der Waals surface area contributed by atoms with Crippen molar-refractivity contribution in [1.82, 2.24) is 20.1 Å². The van der Waals surface area contributed by atoms with Crippen molar-refractivity contribution >= 4 is 23.6 Å². The van der Waals surface area contributed by atoms with Crippen LogP contribution in [0.3, 0.4) is 0 Å². The van der Waals surface area contributed by atoms with Crippen LogP contribution in [0.25, 0.3) is 0 Å². The summed E-state index contributed by atoms with van der Waals surface area (Å²) >= 11 is 1.46. The van der Waals surface area contributed by atoms with Crippen LogP contribution in [0.2, 0.25) is 0 Å². The Balaban J connectivity index is 1.42. The van der Waals surface area contributed by atoms with E-state index in [-0.39, 0.29) is 5.91 Å². The Labute approximate surface area is 170 Å². The quantitative estimate of drug-likeness (QED) is 0.715. The van der Waals surface area contributed by atoms with Crippen molar-refractivity contribution in [3.8, 4) is 0 Å². The molecule has 1 saturated heterocycles. The zero-order valence-corrected chi connectivity index (χ0v) is 17.3. The molecule has 0 aromatic carbocycles. The van der Waals surface area contributed by atoms with Gasteiger partial charge in [0.2, 0.25) is 11.9 Å². The Bertz CT molecular complexity index is 770. The molecule has 2 atom stereocenters. The van der Waals surface area contributed by atoms with Gasteiger partial charge in [0.1, 0.15) is 5.76 Å². The molecule has 3 heterocycles. The van der Waals surface area contributed by atoms with E-state index < -0.39 is 0 Å². The van der Waals surface area contributed by atoms with Crippen molar-refractivity contribution in [2.45, 2.75) is 63.2 Å². The van der Waals surface area contributed by atoms with E-state index in [2.05, 4.69) is 31.9 Å². The van der Waals surface area contributed by atoms with Gasteiger partial charge in [0, 0.05) is 19.1 Å². The van der Waals surface area contributed by atoms with Crippen molar-refractivity contribution < 1.29 is 9.21 Å². The number of hydrogen-bond acceptors (Lipinski definition) is 6. The Morgan fingerprint density at radius 1 is 1.25 bits per heavy atom. The van der Waals surface area contributed by atoms with Crippen molar-refractivity contribution in [2.24, 2.45) is 5.92 Å². The monoisotopic (exact) mass is 403 g/mol. The minimum absolute atomic E-state index is 0.0824. The van der Waals surface area contributed by atoms with Crippen LogP contribution in [0.4, 0.5) is 5.95 Å². The lowest BCUT2D eigenvalue weighted by Crippen LogP contribution is -2.41. The largest absolute Gasteiger partial charge is 0.467 e. The number of amides is 1.